The van der Waals surface area contributed by atoms with Crippen molar-refractivity contribution in [3.05, 3.63) is 107 Å². The highest BCUT2D eigenvalue weighted by Crippen LogP contribution is 2.28. The van der Waals surface area contributed by atoms with E-state index in [9.17, 15) is 4.79 Å². The van der Waals surface area contributed by atoms with Gasteiger partial charge in [-0.2, -0.15) is 0 Å². The Morgan fingerprint density at radius 1 is 0.967 bits per heavy atom. The lowest BCUT2D eigenvalue weighted by Crippen LogP contribution is -2.12. The highest BCUT2D eigenvalue weighted by Gasteiger charge is 2.12. The van der Waals surface area contributed by atoms with Crippen molar-refractivity contribution in [3.8, 4) is 0 Å². The predicted molar refractivity (Wildman–Crippen MR) is 125 cm³/mol. The molecule has 5 heteroatoms. The van der Waals surface area contributed by atoms with E-state index in [0.717, 1.165) is 38.5 Å². The first-order chi connectivity index (χ1) is 14.7. The number of carbonyl (C=O) groups excluding carboxylic acids is 1. The van der Waals surface area contributed by atoms with E-state index in [1.165, 1.54) is 5.56 Å². The van der Waals surface area contributed by atoms with Gasteiger partial charge in [0.1, 0.15) is 0 Å². The molecule has 1 N–H and O–H groups in total. The fourth-order valence-electron chi connectivity index (χ4n) is 3.65. The highest BCUT2D eigenvalue weighted by molar-refractivity contribution is 9.10. The smallest absolute Gasteiger partial charge is 0.255 e. The molecule has 0 bridgehead atoms. The number of hydrogen-bond acceptors (Lipinski definition) is 2. The SMILES string of the molecule is O=C(Nc1ccc2cccnc2c1)c1ccc2c(Br)cn(Cc3ccccc3)c2c1. The summed E-state index contributed by atoms with van der Waals surface area (Å²) in [6, 6.07) is 25.7. The van der Waals surface area contributed by atoms with Crippen molar-refractivity contribution in [1.82, 2.24) is 9.55 Å². The van der Waals surface area contributed by atoms with Gasteiger partial charge in [0.15, 0.2) is 0 Å². The Labute approximate surface area is 182 Å². The Morgan fingerprint density at radius 2 is 1.83 bits per heavy atom. The quantitative estimate of drug-likeness (QED) is 0.347. The van der Waals surface area contributed by atoms with Gasteiger partial charge in [-0.1, -0.05) is 48.5 Å². The van der Waals surface area contributed by atoms with Gasteiger partial charge in [0, 0.05) is 45.4 Å². The van der Waals surface area contributed by atoms with Crippen LogP contribution in [0.1, 0.15) is 15.9 Å². The molecule has 0 saturated carbocycles. The number of pyridine rings is 1. The minimum Gasteiger partial charge on any atom is -0.342 e. The average Bonchev–Trinajstić information content (AvgIpc) is 3.09. The number of halogens is 1. The summed E-state index contributed by atoms with van der Waals surface area (Å²) in [5.41, 5.74) is 4.42. The molecular weight excluding hydrogens is 438 g/mol. The molecule has 0 aliphatic heterocycles. The van der Waals surface area contributed by atoms with Crippen LogP contribution < -0.4 is 5.32 Å². The van der Waals surface area contributed by atoms with E-state index in [1.54, 1.807) is 6.20 Å². The lowest BCUT2D eigenvalue weighted by molar-refractivity contribution is 0.102. The molecule has 0 spiro atoms. The first-order valence-corrected chi connectivity index (χ1v) is 10.5. The van der Waals surface area contributed by atoms with Crippen molar-refractivity contribution >= 4 is 49.3 Å². The van der Waals surface area contributed by atoms with E-state index in [2.05, 4.69) is 49.1 Å². The Kier molecular flexibility index (Phi) is 4.81. The molecule has 0 aliphatic carbocycles. The van der Waals surface area contributed by atoms with Gasteiger partial charge in [0.2, 0.25) is 0 Å². The molecule has 4 nitrogen and oxygen atoms in total. The molecule has 1 amide bonds. The summed E-state index contributed by atoms with van der Waals surface area (Å²) in [5.74, 6) is -0.143. The van der Waals surface area contributed by atoms with Crippen LogP contribution in [0.4, 0.5) is 5.69 Å². The minimum absolute atomic E-state index is 0.143. The topological polar surface area (TPSA) is 46.9 Å². The Hall–Kier alpha value is -3.44. The second kappa shape index (κ2) is 7.76. The molecule has 2 aromatic heterocycles. The van der Waals surface area contributed by atoms with Crippen LogP contribution >= 0.6 is 15.9 Å². The van der Waals surface area contributed by atoms with E-state index in [0.29, 0.717) is 5.56 Å². The van der Waals surface area contributed by atoms with Crippen LogP contribution in [0.25, 0.3) is 21.8 Å². The maximum absolute atomic E-state index is 12.9. The zero-order chi connectivity index (χ0) is 20.5. The second-order valence-electron chi connectivity index (χ2n) is 7.19. The maximum atomic E-state index is 12.9. The molecule has 2 heterocycles. The molecule has 0 unspecified atom stereocenters. The van der Waals surface area contributed by atoms with Gasteiger partial charge in [0.25, 0.3) is 5.91 Å². The van der Waals surface area contributed by atoms with Crippen LogP contribution in [0.2, 0.25) is 0 Å². The van der Waals surface area contributed by atoms with E-state index in [-0.39, 0.29) is 5.91 Å². The third-order valence-electron chi connectivity index (χ3n) is 5.16. The fraction of sp³-hybridized carbons (Fsp3) is 0.0400. The number of anilines is 1. The molecule has 30 heavy (non-hydrogen) atoms. The van der Waals surface area contributed by atoms with Crippen molar-refractivity contribution in [1.29, 1.82) is 0 Å². The highest BCUT2D eigenvalue weighted by atomic mass is 79.9. The van der Waals surface area contributed by atoms with Crippen LogP contribution in [0.15, 0.2) is 95.7 Å². The van der Waals surface area contributed by atoms with Crippen molar-refractivity contribution in [2.24, 2.45) is 0 Å². The number of hydrogen-bond donors (Lipinski definition) is 1. The molecule has 0 aliphatic rings. The van der Waals surface area contributed by atoms with Crippen molar-refractivity contribution < 1.29 is 4.79 Å². The number of nitrogens with zero attached hydrogens (tertiary/aromatic N) is 2. The second-order valence-corrected chi connectivity index (χ2v) is 8.04. The van der Waals surface area contributed by atoms with Crippen LogP contribution in [0.5, 0.6) is 0 Å². The number of benzene rings is 3. The number of aromatic nitrogens is 2. The zero-order valence-electron chi connectivity index (χ0n) is 16.0. The first-order valence-electron chi connectivity index (χ1n) is 9.66. The lowest BCUT2D eigenvalue weighted by Gasteiger charge is -2.09. The van der Waals surface area contributed by atoms with Gasteiger partial charge in [-0.15, -0.1) is 0 Å². The predicted octanol–water partition coefficient (Wildman–Crippen LogP) is 6.25. The molecule has 3 aromatic carbocycles. The Bertz CT molecular complexity index is 1380. The van der Waals surface area contributed by atoms with E-state index < -0.39 is 0 Å². The molecular formula is C25H18BrN3O. The standard InChI is InChI=1S/C25H18BrN3O/c26-22-16-29(15-17-5-2-1-3-6-17)24-13-19(9-11-21(22)24)25(30)28-20-10-8-18-7-4-12-27-23(18)14-20/h1-14,16H,15H2,(H,28,30). The van der Waals surface area contributed by atoms with E-state index in [4.69, 9.17) is 0 Å². The number of carbonyl (C=O) groups is 1. The summed E-state index contributed by atoms with van der Waals surface area (Å²) in [6.07, 6.45) is 3.81. The molecule has 146 valence electrons. The molecule has 5 aromatic rings. The number of rotatable bonds is 4. The molecule has 0 fully saturated rings. The van der Waals surface area contributed by atoms with E-state index in [1.807, 2.05) is 66.7 Å². The summed E-state index contributed by atoms with van der Waals surface area (Å²) < 4.78 is 3.17. The lowest BCUT2D eigenvalue weighted by atomic mass is 10.1. The third-order valence-corrected chi connectivity index (χ3v) is 5.79. The molecule has 0 radical (unpaired) electrons. The van der Waals surface area contributed by atoms with E-state index >= 15 is 0 Å². The number of fused-ring (bicyclic) bond motifs is 2. The maximum Gasteiger partial charge on any atom is 0.255 e. The monoisotopic (exact) mass is 455 g/mol. The normalized spacial score (nSPS) is 11.1. The van der Waals surface area contributed by atoms with Gasteiger partial charge in [-0.3, -0.25) is 9.78 Å². The molecule has 0 atom stereocenters. The van der Waals surface area contributed by atoms with Gasteiger partial charge in [-0.05, 0) is 51.8 Å². The molecule has 5 rings (SSSR count). The van der Waals surface area contributed by atoms with Crippen LogP contribution in [-0.4, -0.2) is 15.5 Å². The van der Waals surface area contributed by atoms with Gasteiger partial charge in [0.05, 0.1) is 11.0 Å². The average molecular weight is 456 g/mol. The van der Waals surface area contributed by atoms with Crippen molar-refractivity contribution in [3.63, 3.8) is 0 Å². The summed E-state index contributed by atoms with van der Waals surface area (Å²) in [4.78, 5) is 17.3. The first kappa shape index (κ1) is 18.6. The number of nitrogens with one attached hydrogen (secondary N) is 1. The molecule has 0 saturated heterocycles. The van der Waals surface area contributed by atoms with Crippen LogP contribution in [-0.2, 0) is 6.54 Å². The van der Waals surface area contributed by atoms with Gasteiger partial charge in [-0.25, -0.2) is 0 Å². The van der Waals surface area contributed by atoms with Crippen molar-refractivity contribution in [2.45, 2.75) is 6.54 Å². The summed E-state index contributed by atoms with van der Waals surface area (Å²) in [5, 5.41) is 5.11. The largest absolute Gasteiger partial charge is 0.342 e. The fourth-order valence-corrected chi connectivity index (χ4v) is 4.23. The Balaban J connectivity index is 1.46. The van der Waals surface area contributed by atoms with Gasteiger partial charge >= 0.3 is 0 Å². The summed E-state index contributed by atoms with van der Waals surface area (Å²) >= 11 is 3.64. The van der Waals surface area contributed by atoms with Crippen LogP contribution in [0.3, 0.4) is 0 Å². The zero-order valence-corrected chi connectivity index (χ0v) is 17.6. The van der Waals surface area contributed by atoms with Crippen molar-refractivity contribution in [2.75, 3.05) is 5.32 Å². The minimum atomic E-state index is -0.143. The van der Waals surface area contributed by atoms with Gasteiger partial charge < -0.3 is 9.88 Å². The number of amides is 1. The Morgan fingerprint density at radius 3 is 2.70 bits per heavy atom. The summed E-state index contributed by atoms with van der Waals surface area (Å²) in [6.45, 7) is 0.740. The van der Waals surface area contributed by atoms with Crippen LogP contribution in [0, 0.1) is 0 Å². The third kappa shape index (κ3) is 3.60. The summed E-state index contributed by atoms with van der Waals surface area (Å²) in [7, 11) is 0.